The predicted octanol–water partition coefficient (Wildman–Crippen LogP) is 1.52. The van der Waals surface area contributed by atoms with Gasteiger partial charge in [0.2, 0.25) is 0 Å². The average molecular weight is 321 g/mol. The maximum absolute atomic E-state index is 11.7. The zero-order valence-corrected chi connectivity index (χ0v) is 12.9. The Kier molecular flexibility index (Phi) is 6.10. The van der Waals surface area contributed by atoms with Crippen LogP contribution in [0, 0.1) is 0 Å². The first-order valence-electron chi connectivity index (χ1n) is 7.45. The van der Waals surface area contributed by atoms with Crippen LogP contribution in [-0.2, 0) is 23.8 Å². The van der Waals surface area contributed by atoms with E-state index in [0.717, 1.165) is 6.42 Å². The zero-order valence-electron chi connectivity index (χ0n) is 12.9. The largest absolute Gasteiger partial charge is 0.462 e. The molecule has 1 fully saturated rings. The molecule has 124 valence electrons. The van der Waals surface area contributed by atoms with Gasteiger partial charge in [-0.2, -0.15) is 0 Å². The van der Waals surface area contributed by atoms with Gasteiger partial charge in [0.15, 0.2) is 12.7 Å². The molecule has 0 unspecified atom stereocenters. The molecule has 1 saturated heterocycles. The number of rotatable bonds is 6. The number of benzene rings is 1. The number of esters is 2. The number of ether oxygens (including phenoxy) is 3. The summed E-state index contributed by atoms with van der Waals surface area (Å²) >= 11 is 0. The van der Waals surface area contributed by atoms with E-state index in [2.05, 4.69) is 5.32 Å². The Morgan fingerprint density at radius 1 is 1.22 bits per heavy atom. The Morgan fingerprint density at radius 3 is 2.57 bits per heavy atom. The predicted molar refractivity (Wildman–Crippen MR) is 81.0 cm³/mol. The Morgan fingerprint density at radius 2 is 1.96 bits per heavy atom. The molecule has 1 atom stereocenters. The maximum atomic E-state index is 11.7. The summed E-state index contributed by atoms with van der Waals surface area (Å²) in [6.07, 6.45) is 0.876. The molecule has 7 heteroatoms. The van der Waals surface area contributed by atoms with Crippen LogP contribution in [0.25, 0.3) is 0 Å². The van der Waals surface area contributed by atoms with Crippen molar-refractivity contribution in [3.8, 4) is 0 Å². The fourth-order valence-electron chi connectivity index (χ4n) is 2.09. The van der Waals surface area contributed by atoms with E-state index < -0.39 is 23.9 Å². The Hall–Kier alpha value is -2.41. The highest BCUT2D eigenvalue weighted by Crippen LogP contribution is 2.14. The van der Waals surface area contributed by atoms with E-state index in [1.807, 2.05) is 0 Å². The molecule has 0 bridgehead atoms. The highest BCUT2D eigenvalue weighted by atomic mass is 16.6. The fourth-order valence-corrected chi connectivity index (χ4v) is 2.09. The van der Waals surface area contributed by atoms with E-state index in [9.17, 15) is 14.4 Å². The van der Waals surface area contributed by atoms with Crippen LogP contribution in [-0.4, -0.2) is 43.8 Å². The lowest BCUT2D eigenvalue weighted by Gasteiger charge is -2.10. The molecule has 0 saturated carbocycles. The molecule has 1 aliphatic rings. The number of carbonyl (C=O) groups excluding carboxylic acids is 3. The van der Waals surface area contributed by atoms with Gasteiger partial charge < -0.3 is 19.5 Å². The van der Waals surface area contributed by atoms with Crippen molar-refractivity contribution < 1.29 is 28.6 Å². The second-order valence-electron chi connectivity index (χ2n) is 4.96. The summed E-state index contributed by atoms with van der Waals surface area (Å²) in [5, 5.41) is 2.58. The molecule has 2 rings (SSSR count). The van der Waals surface area contributed by atoms with Crippen LogP contribution < -0.4 is 5.32 Å². The molecule has 1 aromatic rings. The Balaban J connectivity index is 1.78. The first kappa shape index (κ1) is 17.0. The van der Waals surface area contributed by atoms with Crippen molar-refractivity contribution in [3.05, 3.63) is 29.8 Å². The number of hydrogen-bond donors (Lipinski definition) is 1. The molecule has 1 aromatic carbocycles. The summed E-state index contributed by atoms with van der Waals surface area (Å²) < 4.78 is 14.9. The standard InChI is InChI=1S/C16H19NO6/c1-2-21-15(19)11-5-7-12(8-6-11)17-14(18)10-23-16(20)13-4-3-9-22-13/h5-8,13H,2-4,9-10H2,1H3,(H,17,18)/t13-/m1/s1. The molecule has 1 N–H and O–H groups in total. The Labute approximate surface area is 133 Å². The van der Waals surface area contributed by atoms with E-state index in [1.165, 1.54) is 0 Å². The molecule has 1 amide bonds. The number of hydrogen-bond acceptors (Lipinski definition) is 6. The van der Waals surface area contributed by atoms with Crippen LogP contribution in [0.5, 0.6) is 0 Å². The minimum Gasteiger partial charge on any atom is -0.462 e. The number of anilines is 1. The number of amides is 1. The quantitative estimate of drug-likeness (QED) is 0.799. The van der Waals surface area contributed by atoms with E-state index in [0.29, 0.717) is 30.9 Å². The molecular weight excluding hydrogens is 302 g/mol. The zero-order chi connectivity index (χ0) is 16.7. The normalized spacial score (nSPS) is 16.7. The average Bonchev–Trinajstić information content (AvgIpc) is 3.08. The molecule has 0 aliphatic carbocycles. The molecule has 1 heterocycles. The van der Waals surface area contributed by atoms with Crippen LogP contribution in [0.4, 0.5) is 5.69 Å². The lowest BCUT2D eigenvalue weighted by molar-refractivity contribution is -0.156. The van der Waals surface area contributed by atoms with Crippen LogP contribution in [0.2, 0.25) is 0 Å². The van der Waals surface area contributed by atoms with Crippen molar-refractivity contribution >= 4 is 23.5 Å². The summed E-state index contributed by atoms with van der Waals surface area (Å²) in [4.78, 5) is 34.8. The lowest BCUT2D eigenvalue weighted by atomic mass is 10.2. The highest BCUT2D eigenvalue weighted by Gasteiger charge is 2.25. The van der Waals surface area contributed by atoms with Crippen molar-refractivity contribution in [1.82, 2.24) is 0 Å². The molecular formula is C16H19NO6. The monoisotopic (exact) mass is 321 g/mol. The summed E-state index contributed by atoms with van der Waals surface area (Å²) in [5.41, 5.74) is 0.894. The summed E-state index contributed by atoms with van der Waals surface area (Å²) in [6, 6.07) is 6.25. The minimum absolute atomic E-state index is 0.299. The second-order valence-corrected chi connectivity index (χ2v) is 4.96. The van der Waals surface area contributed by atoms with Crippen LogP contribution in [0.15, 0.2) is 24.3 Å². The summed E-state index contributed by atoms with van der Waals surface area (Å²) in [5.74, 6) is -1.40. The third-order valence-electron chi connectivity index (χ3n) is 3.22. The van der Waals surface area contributed by atoms with Crippen molar-refractivity contribution in [2.45, 2.75) is 25.9 Å². The van der Waals surface area contributed by atoms with Gasteiger partial charge in [0.1, 0.15) is 0 Å². The summed E-state index contributed by atoms with van der Waals surface area (Å²) in [6.45, 7) is 2.19. The van der Waals surface area contributed by atoms with E-state index in [4.69, 9.17) is 14.2 Å². The third kappa shape index (κ3) is 5.07. The molecule has 1 aliphatic heterocycles. The van der Waals surface area contributed by atoms with E-state index in [1.54, 1.807) is 31.2 Å². The van der Waals surface area contributed by atoms with E-state index in [-0.39, 0.29) is 6.61 Å². The smallest absolute Gasteiger partial charge is 0.338 e. The fraction of sp³-hybridized carbons (Fsp3) is 0.438. The van der Waals surface area contributed by atoms with Crippen LogP contribution in [0.1, 0.15) is 30.1 Å². The molecule has 0 aromatic heterocycles. The molecule has 0 spiro atoms. The molecule has 0 radical (unpaired) electrons. The molecule has 23 heavy (non-hydrogen) atoms. The van der Waals surface area contributed by atoms with Gasteiger partial charge in [0.25, 0.3) is 5.91 Å². The van der Waals surface area contributed by atoms with Gasteiger partial charge in [-0.1, -0.05) is 0 Å². The molecule has 7 nitrogen and oxygen atoms in total. The van der Waals surface area contributed by atoms with Crippen molar-refractivity contribution in [2.75, 3.05) is 25.1 Å². The van der Waals surface area contributed by atoms with Crippen LogP contribution >= 0.6 is 0 Å². The van der Waals surface area contributed by atoms with Crippen molar-refractivity contribution in [1.29, 1.82) is 0 Å². The lowest BCUT2D eigenvalue weighted by Crippen LogP contribution is -2.27. The van der Waals surface area contributed by atoms with Gasteiger partial charge in [0, 0.05) is 12.3 Å². The maximum Gasteiger partial charge on any atom is 0.338 e. The minimum atomic E-state index is -0.563. The third-order valence-corrected chi connectivity index (χ3v) is 3.22. The van der Waals surface area contributed by atoms with Gasteiger partial charge in [-0.05, 0) is 44.0 Å². The first-order chi connectivity index (χ1) is 11.1. The van der Waals surface area contributed by atoms with Crippen molar-refractivity contribution in [2.24, 2.45) is 0 Å². The van der Waals surface area contributed by atoms with Crippen molar-refractivity contribution in [3.63, 3.8) is 0 Å². The SMILES string of the molecule is CCOC(=O)c1ccc(NC(=O)COC(=O)[C@H]2CCCO2)cc1. The Bertz CT molecular complexity index is 562. The topological polar surface area (TPSA) is 90.9 Å². The van der Waals surface area contributed by atoms with Gasteiger partial charge in [0.05, 0.1) is 12.2 Å². The van der Waals surface area contributed by atoms with Gasteiger partial charge >= 0.3 is 11.9 Å². The number of carbonyl (C=O) groups is 3. The van der Waals surface area contributed by atoms with Gasteiger partial charge in [-0.25, -0.2) is 9.59 Å². The van der Waals surface area contributed by atoms with E-state index >= 15 is 0 Å². The summed E-state index contributed by atoms with van der Waals surface area (Å²) in [7, 11) is 0. The second kappa shape index (κ2) is 8.28. The van der Waals surface area contributed by atoms with Gasteiger partial charge in [-0.3, -0.25) is 4.79 Å². The van der Waals surface area contributed by atoms with Crippen LogP contribution in [0.3, 0.4) is 0 Å². The highest BCUT2D eigenvalue weighted by molar-refractivity contribution is 5.94. The van der Waals surface area contributed by atoms with Gasteiger partial charge in [-0.15, -0.1) is 0 Å². The number of nitrogens with one attached hydrogen (secondary N) is 1. The first-order valence-corrected chi connectivity index (χ1v) is 7.45.